The van der Waals surface area contributed by atoms with Crippen LogP contribution in [-0.4, -0.2) is 56.6 Å². The number of nitrogens with two attached hydrogens (primary N) is 2. The Hall–Kier alpha value is -2.28. The number of carbonyl (C=O) groups is 2. The molecule has 1 aromatic carbocycles. The van der Waals surface area contributed by atoms with Crippen LogP contribution in [0.2, 0.25) is 0 Å². The summed E-state index contributed by atoms with van der Waals surface area (Å²) in [6, 6.07) is 5.19. The Balaban J connectivity index is 2.16. The number of carbonyl (C=O) groups excluding carboxylic acids is 2. The summed E-state index contributed by atoms with van der Waals surface area (Å²) in [6.45, 7) is 2.98. The van der Waals surface area contributed by atoms with Crippen LogP contribution in [0.5, 0.6) is 0 Å². The van der Waals surface area contributed by atoms with Gasteiger partial charge >= 0.3 is 5.97 Å². The SMILES string of the molecule is COC(=O)c1cccc(N)c1N1CCN(CC(N)=O)CC1. The van der Waals surface area contributed by atoms with Crippen LogP contribution in [0.15, 0.2) is 18.2 Å². The van der Waals surface area contributed by atoms with Gasteiger partial charge in [0.2, 0.25) is 5.91 Å². The van der Waals surface area contributed by atoms with Gasteiger partial charge in [0, 0.05) is 26.2 Å². The molecule has 114 valence electrons. The maximum atomic E-state index is 11.9. The van der Waals surface area contributed by atoms with Gasteiger partial charge in [-0.1, -0.05) is 6.07 Å². The first-order chi connectivity index (χ1) is 10.0. The van der Waals surface area contributed by atoms with Crippen LogP contribution in [0.3, 0.4) is 0 Å². The number of anilines is 2. The van der Waals surface area contributed by atoms with Gasteiger partial charge in [-0.2, -0.15) is 0 Å². The molecule has 0 atom stereocenters. The van der Waals surface area contributed by atoms with Crippen LogP contribution in [0.4, 0.5) is 11.4 Å². The summed E-state index contributed by atoms with van der Waals surface area (Å²) in [5, 5.41) is 0. The third-order valence-electron chi connectivity index (χ3n) is 3.54. The summed E-state index contributed by atoms with van der Waals surface area (Å²) in [4.78, 5) is 26.8. The molecule has 0 saturated carbocycles. The lowest BCUT2D eigenvalue weighted by molar-refractivity contribution is -0.119. The molecule has 7 heteroatoms. The Morgan fingerprint density at radius 2 is 1.90 bits per heavy atom. The number of hydrogen-bond donors (Lipinski definition) is 2. The van der Waals surface area contributed by atoms with Crippen LogP contribution < -0.4 is 16.4 Å². The molecule has 1 fully saturated rings. The molecule has 1 aliphatic rings. The second kappa shape index (κ2) is 6.45. The zero-order chi connectivity index (χ0) is 15.4. The number of hydrogen-bond acceptors (Lipinski definition) is 6. The number of ether oxygens (including phenoxy) is 1. The van der Waals surface area contributed by atoms with E-state index >= 15 is 0 Å². The van der Waals surface area contributed by atoms with Gasteiger partial charge in [-0.05, 0) is 12.1 Å². The molecule has 2 rings (SSSR count). The van der Waals surface area contributed by atoms with Crippen molar-refractivity contribution in [3.05, 3.63) is 23.8 Å². The molecular weight excluding hydrogens is 272 g/mol. The number of benzene rings is 1. The number of nitrogen functional groups attached to an aromatic ring is 1. The highest BCUT2D eigenvalue weighted by molar-refractivity contribution is 5.99. The van der Waals surface area contributed by atoms with E-state index in [0.29, 0.717) is 43.1 Å². The number of nitrogens with zero attached hydrogens (tertiary/aromatic N) is 2. The van der Waals surface area contributed by atoms with E-state index in [1.807, 2.05) is 9.80 Å². The minimum Gasteiger partial charge on any atom is -0.465 e. The largest absolute Gasteiger partial charge is 0.465 e. The van der Waals surface area contributed by atoms with Gasteiger partial charge in [0.25, 0.3) is 0 Å². The third kappa shape index (κ3) is 3.43. The van der Waals surface area contributed by atoms with Crippen molar-refractivity contribution in [1.82, 2.24) is 4.90 Å². The first kappa shape index (κ1) is 15.1. The Morgan fingerprint density at radius 3 is 2.48 bits per heavy atom. The van der Waals surface area contributed by atoms with Crippen molar-refractivity contribution < 1.29 is 14.3 Å². The average Bonchev–Trinajstić information content (AvgIpc) is 2.46. The fraction of sp³-hybridized carbons (Fsp3) is 0.429. The molecule has 1 heterocycles. The van der Waals surface area contributed by atoms with E-state index in [2.05, 4.69) is 0 Å². The number of para-hydroxylation sites is 1. The molecular formula is C14H20N4O3. The number of esters is 1. The average molecular weight is 292 g/mol. The molecule has 1 aromatic rings. The standard InChI is InChI=1S/C14H20N4O3/c1-21-14(20)10-3-2-4-11(15)13(10)18-7-5-17(6-8-18)9-12(16)19/h2-4H,5-9,15H2,1H3,(H2,16,19). The first-order valence-corrected chi connectivity index (χ1v) is 6.75. The zero-order valence-electron chi connectivity index (χ0n) is 12.0. The lowest BCUT2D eigenvalue weighted by Crippen LogP contribution is -2.49. The number of piperazine rings is 1. The van der Waals surface area contributed by atoms with Crippen molar-refractivity contribution in [3.8, 4) is 0 Å². The van der Waals surface area contributed by atoms with E-state index in [4.69, 9.17) is 16.2 Å². The lowest BCUT2D eigenvalue weighted by Gasteiger charge is -2.36. The van der Waals surface area contributed by atoms with E-state index < -0.39 is 5.97 Å². The van der Waals surface area contributed by atoms with E-state index in [1.165, 1.54) is 7.11 Å². The maximum absolute atomic E-state index is 11.9. The topological polar surface area (TPSA) is 102 Å². The van der Waals surface area contributed by atoms with Crippen molar-refractivity contribution in [1.29, 1.82) is 0 Å². The van der Waals surface area contributed by atoms with Crippen molar-refractivity contribution in [2.24, 2.45) is 5.73 Å². The Labute approximate surface area is 123 Å². The Morgan fingerprint density at radius 1 is 1.24 bits per heavy atom. The first-order valence-electron chi connectivity index (χ1n) is 6.75. The van der Waals surface area contributed by atoms with Gasteiger partial charge in [0.15, 0.2) is 0 Å². The van der Waals surface area contributed by atoms with Gasteiger partial charge in [0.1, 0.15) is 0 Å². The fourth-order valence-corrected chi connectivity index (χ4v) is 2.54. The molecule has 1 aliphatic heterocycles. The number of rotatable bonds is 4. The summed E-state index contributed by atoms with van der Waals surface area (Å²) in [5.74, 6) is -0.741. The highest BCUT2D eigenvalue weighted by Gasteiger charge is 2.24. The molecule has 0 radical (unpaired) electrons. The second-order valence-electron chi connectivity index (χ2n) is 4.96. The summed E-state index contributed by atoms with van der Waals surface area (Å²) in [7, 11) is 1.35. The van der Waals surface area contributed by atoms with Crippen LogP contribution in [0.25, 0.3) is 0 Å². The Kier molecular flexibility index (Phi) is 4.64. The van der Waals surface area contributed by atoms with E-state index in [-0.39, 0.29) is 12.5 Å². The molecule has 7 nitrogen and oxygen atoms in total. The minimum absolute atomic E-state index is 0.252. The highest BCUT2D eigenvalue weighted by atomic mass is 16.5. The van der Waals surface area contributed by atoms with Crippen LogP contribution in [-0.2, 0) is 9.53 Å². The quantitative estimate of drug-likeness (QED) is 0.581. The van der Waals surface area contributed by atoms with Crippen molar-refractivity contribution in [3.63, 3.8) is 0 Å². The molecule has 1 saturated heterocycles. The zero-order valence-corrected chi connectivity index (χ0v) is 12.0. The molecule has 0 bridgehead atoms. The molecule has 0 aliphatic carbocycles. The Bertz CT molecular complexity index is 539. The minimum atomic E-state index is -0.406. The third-order valence-corrected chi connectivity index (χ3v) is 3.54. The van der Waals surface area contributed by atoms with Gasteiger partial charge in [-0.25, -0.2) is 4.79 Å². The molecule has 1 amide bonds. The number of methoxy groups -OCH3 is 1. The van der Waals surface area contributed by atoms with Gasteiger partial charge in [0.05, 0.1) is 30.6 Å². The summed E-state index contributed by atoms with van der Waals surface area (Å²) >= 11 is 0. The van der Waals surface area contributed by atoms with Gasteiger partial charge in [-0.15, -0.1) is 0 Å². The molecule has 0 unspecified atom stereocenters. The molecule has 4 N–H and O–H groups in total. The van der Waals surface area contributed by atoms with Crippen molar-refractivity contribution >= 4 is 23.3 Å². The molecule has 0 spiro atoms. The highest BCUT2D eigenvalue weighted by Crippen LogP contribution is 2.29. The van der Waals surface area contributed by atoms with E-state index in [0.717, 1.165) is 0 Å². The second-order valence-corrected chi connectivity index (χ2v) is 4.96. The maximum Gasteiger partial charge on any atom is 0.340 e. The van der Waals surface area contributed by atoms with Crippen LogP contribution in [0, 0.1) is 0 Å². The molecule has 21 heavy (non-hydrogen) atoms. The fourth-order valence-electron chi connectivity index (χ4n) is 2.54. The van der Waals surface area contributed by atoms with Crippen molar-refractivity contribution in [2.75, 3.05) is 50.5 Å². The van der Waals surface area contributed by atoms with E-state index in [1.54, 1.807) is 18.2 Å². The predicted molar refractivity (Wildman–Crippen MR) is 80.0 cm³/mol. The van der Waals surface area contributed by atoms with Crippen LogP contribution in [0.1, 0.15) is 10.4 Å². The molecule has 0 aromatic heterocycles. The van der Waals surface area contributed by atoms with Gasteiger partial charge < -0.3 is 21.1 Å². The lowest BCUT2D eigenvalue weighted by atomic mass is 10.1. The smallest absolute Gasteiger partial charge is 0.340 e. The number of primary amides is 1. The van der Waals surface area contributed by atoms with Crippen LogP contribution >= 0.6 is 0 Å². The summed E-state index contributed by atoms with van der Waals surface area (Å²) < 4.78 is 4.80. The summed E-state index contributed by atoms with van der Waals surface area (Å²) in [6.07, 6.45) is 0. The predicted octanol–water partition coefficient (Wildman–Crippen LogP) is -0.337. The monoisotopic (exact) mass is 292 g/mol. The van der Waals surface area contributed by atoms with E-state index in [9.17, 15) is 9.59 Å². The normalized spacial score (nSPS) is 15.8. The number of amides is 1. The van der Waals surface area contributed by atoms with Gasteiger partial charge in [-0.3, -0.25) is 9.69 Å². The summed E-state index contributed by atoms with van der Waals surface area (Å²) in [5.41, 5.74) is 12.9. The van der Waals surface area contributed by atoms with Crippen molar-refractivity contribution in [2.45, 2.75) is 0 Å².